The number of benzene rings is 2. The van der Waals surface area contributed by atoms with Crippen LogP contribution in [0.1, 0.15) is 0 Å². The summed E-state index contributed by atoms with van der Waals surface area (Å²) in [6.45, 7) is -0.156. The molecule has 2 aromatic carbocycles. The average molecular weight is 442 g/mol. The minimum Gasteiger partial charge on any atom is -0.466 e. The lowest BCUT2D eigenvalue weighted by Gasteiger charge is -2.39. The quantitative estimate of drug-likeness (QED) is 0.371. The van der Waals surface area contributed by atoms with E-state index in [0.717, 1.165) is 14.2 Å². The summed E-state index contributed by atoms with van der Waals surface area (Å²) < 4.78 is 9.68. The lowest BCUT2D eigenvalue weighted by atomic mass is 10.1. The summed E-state index contributed by atoms with van der Waals surface area (Å²) in [6, 6.07) is 11.2. The van der Waals surface area contributed by atoms with Crippen molar-refractivity contribution in [2.75, 3.05) is 37.2 Å². The number of esters is 2. The van der Waals surface area contributed by atoms with Crippen LogP contribution in [-0.4, -0.2) is 49.2 Å². The second-order valence-electron chi connectivity index (χ2n) is 6.63. The fourth-order valence-corrected chi connectivity index (χ4v) is 3.30. The second kappa shape index (κ2) is 9.12. The van der Waals surface area contributed by atoms with Gasteiger partial charge in [-0.2, -0.15) is 0 Å². The van der Waals surface area contributed by atoms with Crippen LogP contribution in [0, 0.1) is 20.2 Å². The normalized spacial score (nSPS) is 13.6. The number of carbonyl (C=O) groups excluding carboxylic acids is 2. The van der Waals surface area contributed by atoms with Crippen LogP contribution in [0.5, 0.6) is 0 Å². The molecule has 0 spiro atoms. The standard InChI is InChI=1S/C20H18N4O8/c1-31-19(25)17-11-21(13-5-3-7-15(9-13)23(27)28)12-22(18(17)20(26)32-2)14-6-4-8-16(10-14)24(29)30/h3-10H,11-12H2,1-2H3. The van der Waals surface area contributed by atoms with Gasteiger partial charge in [0.15, 0.2) is 0 Å². The largest absolute Gasteiger partial charge is 0.466 e. The Bertz CT molecular complexity index is 1130. The molecule has 0 saturated carbocycles. The van der Waals surface area contributed by atoms with Gasteiger partial charge in [-0.25, -0.2) is 9.59 Å². The molecule has 2 aromatic rings. The van der Waals surface area contributed by atoms with Gasteiger partial charge in [-0.3, -0.25) is 20.2 Å². The first-order valence-electron chi connectivity index (χ1n) is 9.18. The first-order chi connectivity index (χ1) is 15.3. The van der Waals surface area contributed by atoms with Crippen molar-refractivity contribution in [1.82, 2.24) is 0 Å². The molecular weight excluding hydrogens is 424 g/mol. The van der Waals surface area contributed by atoms with Crippen molar-refractivity contribution in [3.05, 3.63) is 80.0 Å². The number of anilines is 2. The number of hydrogen-bond donors (Lipinski definition) is 0. The monoisotopic (exact) mass is 442 g/mol. The Labute approximate surface area is 181 Å². The molecule has 0 saturated heterocycles. The Morgan fingerprint density at radius 2 is 1.41 bits per heavy atom. The fourth-order valence-electron chi connectivity index (χ4n) is 3.30. The van der Waals surface area contributed by atoms with E-state index in [1.807, 2.05) is 0 Å². The Morgan fingerprint density at radius 3 is 1.94 bits per heavy atom. The molecule has 0 atom stereocenters. The van der Waals surface area contributed by atoms with E-state index in [-0.39, 0.29) is 41.5 Å². The molecule has 1 aliphatic rings. The Morgan fingerprint density at radius 1 is 0.875 bits per heavy atom. The number of methoxy groups -OCH3 is 2. The number of hydrogen-bond acceptors (Lipinski definition) is 10. The first-order valence-corrected chi connectivity index (χ1v) is 9.18. The summed E-state index contributed by atoms with van der Waals surface area (Å²) in [6.07, 6.45) is 0. The van der Waals surface area contributed by atoms with Crippen LogP contribution in [0.15, 0.2) is 59.8 Å². The third kappa shape index (κ3) is 4.33. The molecule has 166 valence electrons. The van der Waals surface area contributed by atoms with Crippen LogP contribution >= 0.6 is 0 Å². The molecule has 0 aromatic heterocycles. The van der Waals surface area contributed by atoms with Crippen LogP contribution in [-0.2, 0) is 19.1 Å². The van der Waals surface area contributed by atoms with E-state index in [9.17, 15) is 29.8 Å². The number of nitro benzene ring substituents is 2. The van der Waals surface area contributed by atoms with Gasteiger partial charge in [0.25, 0.3) is 11.4 Å². The highest BCUT2D eigenvalue weighted by atomic mass is 16.6. The van der Waals surface area contributed by atoms with Gasteiger partial charge < -0.3 is 19.3 Å². The fraction of sp³-hybridized carbons (Fsp3) is 0.200. The molecule has 0 fully saturated rings. The minimum absolute atomic E-state index is 0.0484. The molecular formula is C20H18N4O8. The Hall–Kier alpha value is -4.48. The first kappa shape index (κ1) is 22.2. The zero-order valence-corrected chi connectivity index (χ0v) is 17.1. The van der Waals surface area contributed by atoms with Crippen molar-refractivity contribution in [2.45, 2.75) is 0 Å². The molecule has 1 heterocycles. The van der Waals surface area contributed by atoms with E-state index >= 15 is 0 Å². The molecule has 1 aliphatic heterocycles. The second-order valence-corrected chi connectivity index (χ2v) is 6.63. The highest BCUT2D eigenvalue weighted by molar-refractivity contribution is 6.04. The van der Waals surface area contributed by atoms with Crippen LogP contribution in [0.25, 0.3) is 0 Å². The highest BCUT2D eigenvalue weighted by Crippen LogP contribution is 2.33. The van der Waals surface area contributed by atoms with Crippen molar-refractivity contribution in [3.8, 4) is 0 Å². The topological polar surface area (TPSA) is 145 Å². The molecule has 0 radical (unpaired) electrons. The van der Waals surface area contributed by atoms with Gasteiger partial charge in [0.05, 0.1) is 42.9 Å². The Kier molecular flexibility index (Phi) is 6.33. The van der Waals surface area contributed by atoms with E-state index < -0.39 is 21.8 Å². The lowest BCUT2D eigenvalue weighted by Crippen LogP contribution is -2.48. The van der Waals surface area contributed by atoms with Crippen LogP contribution in [0.3, 0.4) is 0 Å². The summed E-state index contributed by atoms with van der Waals surface area (Å²) in [5.41, 5.74) is 0.0618. The lowest BCUT2D eigenvalue weighted by molar-refractivity contribution is -0.385. The number of non-ortho nitro benzene ring substituents is 2. The zero-order valence-electron chi connectivity index (χ0n) is 17.1. The van der Waals surface area contributed by atoms with Gasteiger partial charge in [0.2, 0.25) is 0 Å². The molecule has 0 N–H and O–H groups in total. The smallest absolute Gasteiger partial charge is 0.355 e. The maximum atomic E-state index is 12.6. The van der Waals surface area contributed by atoms with Crippen molar-refractivity contribution in [2.24, 2.45) is 0 Å². The molecule has 0 bridgehead atoms. The summed E-state index contributed by atoms with van der Waals surface area (Å²) in [7, 11) is 2.29. The molecule has 0 aliphatic carbocycles. The van der Waals surface area contributed by atoms with Crippen LogP contribution in [0.4, 0.5) is 22.7 Å². The van der Waals surface area contributed by atoms with Crippen molar-refractivity contribution in [1.29, 1.82) is 0 Å². The maximum Gasteiger partial charge on any atom is 0.355 e. The highest BCUT2D eigenvalue weighted by Gasteiger charge is 2.36. The molecule has 12 heteroatoms. The van der Waals surface area contributed by atoms with E-state index in [0.29, 0.717) is 5.69 Å². The summed E-state index contributed by atoms with van der Waals surface area (Å²) >= 11 is 0. The number of carbonyl (C=O) groups is 2. The van der Waals surface area contributed by atoms with E-state index in [1.165, 1.54) is 47.4 Å². The van der Waals surface area contributed by atoms with Crippen molar-refractivity contribution >= 4 is 34.7 Å². The number of rotatable bonds is 6. The molecule has 0 unspecified atom stereocenters. The van der Waals surface area contributed by atoms with Gasteiger partial charge in [-0.1, -0.05) is 12.1 Å². The number of nitrogens with zero attached hydrogens (tertiary/aromatic N) is 4. The average Bonchev–Trinajstić information content (AvgIpc) is 2.82. The number of nitro groups is 2. The van der Waals surface area contributed by atoms with Gasteiger partial charge >= 0.3 is 11.9 Å². The zero-order chi connectivity index (χ0) is 23.4. The van der Waals surface area contributed by atoms with E-state index in [1.54, 1.807) is 11.0 Å². The van der Waals surface area contributed by atoms with Crippen LogP contribution < -0.4 is 9.80 Å². The van der Waals surface area contributed by atoms with Crippen molar-refractivity contribution < 1.29 is 28.9 Å². The van der Waals surface area contributed by atoms with Gasteiger partial charge in [0, 0.05) is 35.6 Å². The number of ether oxygens (including phenoxy) is 2. The SMILES string of the molecule is COC(=O)C1=C(C(=O)OC)N(c2cccc([N+](=O)[O-])c2)CN(c2cccc([N+](=O)[O-])c2)C1. The summed E-state index contributed by atoms with van der Waals surface area (Å²) in [5.74, 6) is -1.65. The summed E-state index contributed by atoms with van der Waals surface area (Å²) in [5, 5.41) is 22.4. The van der Waals surface area contributed by atoms with Gasteiger partial charge in [0.1, 0.15) is 5.70 Å². The predicted octanol–water partition coefficient (Wildman–Crippen LogP) is 2.39. The predicted molar refractivity (Wildman–Crippen MR) is 112 cm³/mol. The third-order valence-electron chi connectivity index (χ3n) is 4.79. The van der Waals surface area contributed by atoms with E-state index in [2.05, 4.69) is 0 Å². The minimum atomic E-state index is -0.837. The third-order valence-corrected chi connectivity index (χ3v) is 4.79. The van der Waals surface area contributed by atoms with Crippen LogP contribution in [0.2, 0.25) is 0 Å². The Balaban J connectivity index is 2.18. The summed E-state index contributed by atoms with van der Waals surface area (Å²) in [4.78, 5) is 49.4. The van der Waals surface area contributed by atoms with Gasteiger partial charge in [-0.15, -0.1) is 0 Å². The molecule has 12 nitrogen and oxygen atoms in total. The van der Waals surface area contributed by atoms with E-state index in [4.69, 9.17) is 9.47 Å². The molecule has 32 heavy (non-hydrogen) atoms. The van der Waals surface area contributed by atoms with Gasteiger partial charge in [-0.05, 0) is 12.1 Å². The van der Waals surface area contributed by atoms with Crippen molar-refractivity contribution in [3.63, 3.8) is 0 Å². The maximum absolute atomic E-state index is 12.6. The molecule has 3 rings (SSSR count). The molecule has 0 amide bonds.